The molecule has 2 aromatic rings. The minimum absolute atomic E-state index is 0.0342. The Morgan fingerprint density at radius 2 is 1.84 bits per heavy atom. The van der Waals surface area contributed by atoms with Gasteiger partial charge in [-0.15, -0.1) is 13.2 Å². The Morgan fingerprint density at radius 1 is 1.12 bits per heavy atom. The largest absolute Gasteiger partial charge is 0.573 e. The zero-order valence-corrected chi connectivity index (χ0v) is 13.2. The van der Waals surface area contributed by atoms with E-state index in [1.54, 1.807) is 0 Å². The van der Waals surface area contributed by atoms with Crippen LogP contribution in [0.25, 0.3) is 0 Å². The van der Waals surface area contributed by atoms with Gasteiger partial charge in [0.15, 0.2) is 5.75 Å². The number of carbonyl (C=O) groups excluding carboxylic acids is 1. The molecule has 1 aliphatic rings. The number of halogens is 3. The van der Waals surface area contributed by atoms with Crippen LogP contribution in [0.2, 0.25) is 0 Å². The van der Waals surface area contributed by atoms with Gasteiger partial charge in [0.2, 0.25) is 5.91 Å². The highest BCUT2D eigenvalue weighted by atomic mass is 32.2. The Bertz CT molecular complexity index is 942. The average Bonchev–Trinajstić information content (AvgIpc) is 2.86. The van der Waals surface area contributed by atoms with Crippen molar-refractivity contribution in [2.24, 2.45) is 0 Å². The summed E-state index contributed by atoms with van der Waals surface area (Å²) in [5.74, 6) is -0.932. The number of carbonyl (C=O) groups is 1. The van der Waals surface area contributed by atoms with Crippen LogP contribution in [-0.4, -0.2) is 20.7 Å². The topological polar surface area (TPSA) is 84.5 Å². The maximum absolute atomic E-state index is 12.4. The molecular weight excluding hydrogens is 361 g/mol. The van der Waals surface area contributed by atoms with Crippen LogP contribution in [0.5, 0.6) is 5.75 Å². The number of ether oxygens (including phenoxy) is 1. The third-order valence-corrected chi connectivity index (χ3v) is 4.73. The van der Waals surface area contributed by atoms with Crippen molar-refractivity contribution >= 4 is 27.3 Å². The van der Waals surface area contributed by atoms with Gasteiger partial charge in [0.05, 0.1) is 17.0 Å². The van der Waals surface area contributed by atoms with Gasteiger partial charge in [-0.3, -0.25) is 9.52 Å². The number of hydrogen-bond acceptors (Lipinski definition) is 4. The molecule has 0 saturated carbocycles. The van der Waals surface area contributed by atoms with Crippen molar-refractivity contribution in [1.82, 2.24) is 0 Å². The fourth-order valence-electron chi connectivity index (χ4n) is 2.34. The lowest BCUT2D eigenvalue weighted by Gasteiger charge is -2.15. The smallest absolute Gasteiger partial charge is 0.404 e. The number of nitrogens with one attached hydrogen (secondary N) is 2. The Morgan fingerprint density at radius 3 is 2.56 bits per heavy atom. The summed E-state index contributed by atoms with van der Waals surface area (Å²) in [7, 11) is -4.17. The van der Waals surface area contributed by atoms with E-state index < -0.39 is 22.1 Å². The summed E-state index contributed by atoms with van der Waals surface area (Å²) in [6.07, 6.45) is -4.92. The Labute approximate surface area is 140 Å². The van der Waals surface area contributed by atoms with Crippen molar-refractivity contribution in [3.8, 4) is 5.75 Å². The molecule has 1 amide bonds. The van der Waals surface area contributed by atoms with Gasteiger partial charge in [-0.05, 0) is 35.9 Å². The zero-order valence-electron chi connectivity index (χ0n) is 12.4. The van der Waals surface area contributed by atoms with Gasteiger partial charge in [0, 0.05) is 5.69 Å². The molecule has 0 bridgehead atoms. The minimum Gasteiger partial charge on any atom is -0.404 e. The number of sulfonamides is 1. The highest BCUT2D eigenvalue weighted by molar-refractivity contribution is 7.92. The predicted molar refractivity (Wildman–Crippen MR) is 82.7 cm³/mol. The number of hydrogen-bond donors (Lipinski definition) is 2. The van der Waals surface area contributed by atoms with Crippen LogP contribution in [0.3, 0.4) is 0 Å². The first-order valence-electron chi connectivity index (χ1n) is 6.94. The summed E-state index contributed by atoms with van der Waals surface area (Å²) in [5, 5.41) is 2.56. The van der Waals surface area contributed by atoms with Crippen molar-refractivity contribution in [2.75, 3.05) is 10.0 Å². The molecule has 2 N–H and O–H groups in total. The predicted octanol–water partition coefficient (Wildman–Crippen LogP) is 2.88. The first-order valence-corrected chi connectivity index (χ1v) is 8.43. The number of alkyl halides is 3. The molecule has 1 heterocycles. The van der Waals surface area contributed by atoms with Crippen LogP contribution in [0.4, 0.5) is 24.5 Å². The van der Waals surface area contributed by atoms with Crippen molar-refractivity contribution < 1.29 is 31.1 Å². The standard InChI is InChI=1S/C15H11F3N2O4S/c16-15(17,18)24-13-4-2-1-3-12(13)20-25(22,23)10-5-6-11-9(7-10)8-14(21)19-11/h1-7,20H,8H2,(H,19,21). The Kier molecular flexibility index (Phi) is 4.07. The van der Waals surface area contributed by atoms with Gasteiger partial charge >= 0.3 is 6.36 Å². The summed E-state index contributed by atoms with van der Waals surface area (Å²) in [6, 6.07) is 8.77. The maximum Gasteiger partial charge on any atom is 0.573 e. The lowest BCUT2D eigenvalue weighted by Crippen LogP contribution is -2.19. The number of amides is 1. The highest BCUT2D eigenvalue weighted by Gasteiger charge is 2.32. The van der Waals surface area contributed by atoms with E-state index in [1.807, 2.05) is 0 Å². The van der Waals surface area contributed by atoms with Crippen LogP contribution in [0.1, 0.15) is 5.56 Å². The van der Waals surface area contributed by atoms with Crippen molar-refractivity contribution in [3.05, 3.63) is 48.0 Å². The SMILES string of the molecule is O=C1Cc2cc(S(=O)(=O)Nc3ccccc3OC(F)(F)F)ccc2N1. The molecule has 0 saturated heterocycles. The molecule has 0 aromatic heterocycles. The molecule has 0 spiro atoms. The van der Waals surface area contributed by atoms with Gasteiger partial charge in [-0.2, -0.15) is 0 Å². The van der Waals surface area contributed by atoms with Crippen molar-refractivity contribution in [2.45, 2.75) is 17.7 Å². The quantitative estimate of drug-likeness (QED) is 0.864. The molecule has 25 heavy (non-hydrogen) atoms. The molecule has 0 atom stereocenters. The van der Waals surface area contributed by atoms with Crippen LogP contribution < -0.4 is 14.8 Å². The van der Waals surface area contributed by atoms with Crippen LogP contribution in [0.15, 0.2) is 47.4 Å². The molecule has 0 aliphatic carbocycles. The second kappa shape index (κ2) is 5.96. The van der Waals surface area contributed by atoms with Crippen molar-refractivity contribution in [1.29, 1.82) is 0 Å². The summed E-state index contributed by atoms with van der Waals surface area (Å²) in [6.45, 7) is 0. The van der Waals surface area contributed by atoms with Crippen LogP contribution in [-0.2, 0) is 21.2 Å². The van der Waals surface area contributed by atoms with Crippen LogP contribution >= 0.6 is 0 Å². The van der Waals surface area contributed by atoms with Crippen molar-refractivity contribution in [3.63, 3.8) is 0 Å². The summed E-state index contributed by atoms with van der Waals surface area (Å²) >= 11 is 0. The minimum atomic E-state index is -4.96. The average molecular weight is 372 g/mol. The molecule has 0 unspecified atom stereocenters. The number of para-hydroxylation sites is 2. The number of anilines is 2. The van der Waals surface area contributed by atoms with Gasteiger partial charge < -0.3 is 10.1 Å². The normalized spacial score (nSPS) is 14.0. The molecule has 10 heteroatoms. The highest BCUT2D eigenvalue weighted by Crippen LogP contribution is 2.32. The van der Waals surface area contributed by atoms with Gasteiger partial charge in [0.1, 0.15) is 0 Å². The van der Waals surface area contributed by atoms with Gasteiger partial charge in [-0.1, -0.05) is 12.1 Å². The van der Waals surface area contributed by atoms with Gasteiger partial charge in [0.25, 0.3) is 10.0 Å². The van der Waals surface area contributed by atoms with E-state index in [1.165, 1.54) is 30.3 Å². The van der Waals surface area contributed by atoms with E-state index in [-0.39, 0.29) is 22.9 Å². The fraction of sp³-hybridized carbons (Fsp3) is 0.133. The first kappa shape index (κ1) is 17.1. The molecule has 132 valence electrons. The fourth-order valence-corrected chi connectivity index (χ4v) is 3.46. The Balaban J connectivity index is 1.91. The maximum atomic E-state index is 12.4. The van der Waals surface area contributed by atoms with E-state index in [4.69, 9.17) is 0 Å². The van der Waals surface area contributed by atoms with E-state index in [2.05, 4.69) is 14.8 Å². The monoisotopic (exact) mass is 372 g/mol. The third-order valence-electron chi connectivity index (χ3n) is 3.37. The van der Waals surface area contributed by atoms with Crippen LogP contribution in [0, 0.1) is 0 Å². The number of fused-ring (bicyclic) bond motifs is 1. The zero-order chi connectivity index (χ0) is 18.2. The van der Waals surface area contributed by atoms with Gasteiger partial charge in [-0.25, -0.2) is 8.42 Å². The second-order valence-corrected chi connectivity index (χ2v) is 6.88. The summed E-state index contributed by atoms with van der Waals surface area (Å²) in [4.78, 5) is 11.2. The summed E-state index contributed by atoms with van der Waals surface area (Å²) in [5.41, 5.74) is 0.645. The van der Waals surface area contributed by atoms with E-state index in [0.717, 1.165) is 12.1 Å². The molecule has 2 aromatic carbocycles. The number of benzene rings is 2. The molecule has 1 aliphatic heterocycles. The Hall–Kier alpha value is -2.75. The van der Waals surface area contributed by atoms with E-state index >= 15 is 0 Å². The first-order chi connectivity index (χ1) is 11.6. The lowest BCUT2D eigenvalue weighted by atomic mass is 10.2. The third kappa shape index (κ3) is 3.85. The molecule has 0 fully saturated rings. The molecule has 3 rings (SSSR count). The van der Waals surface area contributed by atoms with E-state index in [9.17, 15) is 26.4 Å². The molecule has 0 radical (unpaired) electrons. The second-order valence-electron chi connectivity index (χ2n) is 5.19. The summed E-state index contributed by atoms with van der Waals surface area (Å²) < 4.78 is 68.1. The molecule has 6 nitrogen and oxygen atoms in total. The number of rotatable bonds is 4. The molecular formula is C15H11F3N2O4S. The lowest BCUT2D eigenvalue weighted by molar-refractivity contribution is -0.274. The van der Waals surface area contributed by atoms with E-state index in [0.29, 0.717) is 11.3 Å².